The monoisotopic (exact) mass is 296 g/mol. The Labute approximate surface area is 127 Å². The van der Waals surface area contributed by atoms with Gasteiger partial charge in [0.05, 0.1) is 0 Å². The maximum Gasteiger partial charge on any atom is 0.326 e. The van der Waals surface area contributed by atoms with Gasteiger partial charge in [-0.05, 0) is 31.6 Å². The molecule has 1 saturated heterocycles. The Balaban J connectivity index is 2.04. The Kier molecular flexibility index (Phi) is 5.48. The molecule has 2 unspecified atom stereocenters. The van der Waals surface area contributed by atoms with Crippen LogP contribution in [0.2, 0.25) is 0 Å². The lowest BCUT2D eigenvalue weighted by atomic mass is 9.92. The van der Waals surface area contributed by atoms with E-state index in [2.05, 4.69) is 6.92 Å². The minimum Gasteiger partial charge on any atom is -0.480 e. The molecular formula is C16H28N2O3. The van der Waals surface area contributed by atoms with E-state index in [0.29, 0.717) is 18.9 Å². The van der Waals surface area contributed by atoms with Crippen LogP contribution in [0.1, 0.15) is 58.3 Å². The van der Waals surface area contributed by atoms with Crippen molar-refractivity contribution in [2.24, 2.45) is 5.92 Å². The van der Waals surface area contributed by atoms with Gasteiger partial charge in [-0.3, -0.25) is 0 Å². The summed E-state index contributed by atoms with van der Waals surface area (Å²) in [6, 6.07) is -0.482. The van der Waals surface area contributed by atoms with Crippen molar-refractivity contribution in [3.8, 4) is 0 Å². The third-order valence-corrected chi connectivity index (χ3v) is 5.07. The SMILES string of the molecule is CC1CCN(C(=O)N(C)C2CCCCCC2)C(C(=O)O)C1. The van der Waals surface area contributed by atoms with Gasteiger partial charge in [-0.2, -0.15) is 0 Å². The molecule has 21 heavy (non-hydrogen) atoms. The lowest BCUT2D eigenvalue weighted by molar-refractivity contribution is -0.144. The van der Waals surface area contributed by atoms with Crippen LogP contribution in [0.5, 0.6) is 0 Å². The number of aliphatic carboxylic acids is 1. The molecule has 5 nitrogen and oxygen atoms in total. The number of rotatable bonds is 2. The molecule has 0 radical (unpaired) electrons. The molecule has 1 heterocycles. The zero-order valence-electron chi connectivity index (χ0n) is 13.3. The molecule has 0 spiro atoms. The van der Waals surface area contributed by atoms with E-state index in [9.17, 15) is 14.7 Å². The van der Waals surface area contributed by atoms with Gasteiger partial charge >= 0.3 is 12.0 Å². The second-order valence-corrected chi connectivity index (χ2v) is 6.72. The fraction of sp³-hybridized carbons (Fsp3) is 0.875. The summed E-state index contributed by atoms with van der Waals surface area (Å²) in [6.45, 7) is 2.63. The highest BCUT2D eigenvalue weighted by Crippen LogP contribution is 2.26. The number of carboxylic acids is 1. The first-order valence-electron chi connectivity index (χ1n) is 8.27. The van der Waals surface area contributed by atoms with Gasteiger partial charge in [0, 0.05) is 19.6 Å². The zero-order chi connectivity index (χ0) is 15.4. The predicted octanol–water partition coefficient (Wildman–Crippen LogP) is 2.95. The summed E-state index contributed by atoms with van der Waals surface area (Å²) < 4.78 is 0. The smallest absolute Gasteiger partial charge is 0.326 e. The molecule has 0 aromatic heterocycles. The minimum absolute atomic E-state index is 0.0961. The van der Waals surface area contributed by atoms with Crippen LogP contribution in [-0.4, -0.2) is 52.6 Å². The Bertz CT molecular complexity index is 378. The summed E-state index contributed by atoms with van der Waals surface area (Å²) in [7, 11) is 1.84. The molecule has 2 rings (SSSR count). The highest BCUT2D eigenvalue weighted by Gasteiger charge is 2.37. The lowest BCUT2D eigenvalue weighted by Crippen LogP contribution is -2.55. The summed E-state index contributed by atoms with van der Waals surface area (Å²) in [6.07, 6.45) is 8.39. The maximum atomic E-state index is 12.7. The number of amides is 2. The molecule has 0 aromatic rings. The Morgan fingerprint density at radius 2 is 1.71 bits per heavy atom. The summed E-state index contributed by atoms with van der Waals surface area (Å²) in [5.74, 6) is -0.498. The van der Waals surface area contributed by atoms with Crippen molar-refractivity contribution in [3.05, 3.63) is 0 Å². The number of piperidine rings is 1. The van der Waals surface area contributed by atoms with Crippen LogP contribution < -0.4 is 0 Å². The molecule has 1 aliphatic carbocycles. The molecule has 1 N–H and O–H groups in total. The number of hydrogen-bond acceptors (Lipinski definition) is 2. The van der Waals surface area contributed by atoms with Crippen molar-refractivity contribution < 1.29 is 14.7 Å². The predicted molar refractivity (Wildman–Crippen MR) is 81.2 cm³/mol. The molecule has 1 saturated carbocycles. The van der Waals surface area contributed by atoms with Crippen LogP contribution in [0.4, 0.5) is 4.79 Å². The van der Waals surface area contributed by atoms with E-state index in [1.807, 2.05) is 7.05 Å². The molecule has 0 aromatic carbocycles. The van der Waals surface area contributed by atoms with Gasteiger partial charge in [-0.1, -0.05) is 32.6 Å². The molecule has 0 bridgehead atoms. The average molecular weight is 296 g/mol. The third-order valence-electron chi connectivity index (χ3n) is 5.07. The van der Waals surface area contributed by atoms with Gasteiger partial charge in [0.2, 0.25) is 0 Å². The maximum absolute atomic E-state index is 12.7. The molecular weight excluding hydrogens is 268 g/mol. The van der Waals surface area contributed by atoms with Crippen molar-refractivity contribution in [1.82, 2.24) is 9.80 Å². The second-order valence-electron chi connectivity index (χ2n) is 6.72. The second kappa shape index (κ2) is 7.14. The van der Waals surface area contributed by atoms with Gasteiger partial charge in [-0.25, -0.2) is 9.59 Å². The molecule has 2 amide bonds. The van der Waals surface area contributed by atoms with E-state index in [-0.39, 0.29) is 12.1 Å². The summed E-state index contributed by atoms with van der Waals surface area (Å²) in [5, 5.41) is 9.40. The number of carbonyl (C=O) groups is 2. The van der Waals surface area contributed by atoms with Crippen LogP contribution >= 0.6 is 0 Å². The topological polar surface area (TPSA) is 60.9 Å². The van der Waals surface area contributed by atoms with Crippen LogP contribution in [0.3, 0.4) is 0 Å². The highest BCUT2D eigenvalue weighted by molar-refractivity contribution is 5.83. The van der Waals surface area contributed by atoms with Gasteiger partial charge in [0.15, 0.2) is 0 Å². The Morgan fingerprint density at radius 1 is 1.10 bits per heavy atom. The van der Waals surface area contributed by atoms with Gasteiger partial charge in [-0.15, -0.1) is 0 Å². The largest absolute Gasteiger partial charge is 0.480 e. The minimum atomic E-state index is -0.871. The zero-order valence-corrected chi connectivity index (χ0v) is 13.3. The first kappa shape index (κ1) is 16.1. The molecule has 5 heteroatoms. The average Bonchev–Trinajstić information content (AvgIpc) is 2.74. The van der Waals surface area contributed by atoms with E-state index in [1.54, 1.807) is 9.80 Å². The standard InChI is InChI=1S/C16H28N2O3/c1-12-9-10-18(14(11-12)15(19)20)16(21)17(2)13-7-5-3-4-6-8-13/h12-14H,3-11H2,1-2H3,(H,19,20). The number of likely N-dealkylation sites (tertiary alicyclic amines) is 1. The summed E-state index contributed by atoms with van der Waals surface area (Å²) >= 11 is 0. The number of hydrogen-bond donors (Lipinski definition) is 1. The van der Waals surface area contributed by atoms with E-state index in [1.165, 1.54) is 25.7 Å². The fourth-order valence-corrected chi connectivity index (χ4v) is 3.61. The van der Waals surface area contributed by atoms with Crippen LogP contribution in [-0.2, 0) is 4.79 Å². The van der Waals surface area contributed by atoms with Crippen LogP contribution in [0, 0.1) is 5.92 Å². The van der Waals surface area contributed by atoms with E-state index in [0.717, 1.165) is 19.3 Å². The highest BCUT2D eigenvalue weighted by atomic mass is 16.4. The lowest BCUT2D eigenvalue weighted by Gasteiger charge is -2.40. The van der Waals surface area contributed by atoms with E-state index >= 15 is 0 Å². The van der Waals surface area contributed by atoms with Crippen molar-refractivity contribution in [1.29, 1.82) is 0 Å². The quantitative estimate of drug-likeness (QED) is 0.797. The number of nitrogens with zero attached hydrogens (tertiary/aromatic N) is 2. The Morgan fingerprint density at radius 3 is 2.29 bits per heavy atom. The molecule has 2 atom stereocenters. The number of carboxylic acid groups (broad SMARTS) is 1. The normalized spacial score (nSPS) is 28.0. The number of carbonyl (C=O) groups excluding carboxylic acids is 1. The van der Waals surface area contributed by atoms with Crippen molar-refractivity contribution in [2.45, 2.75) is 70.4 Å². The van der Waals surface area contributed by atoms with Gasteiger partial charge in [0.25, 0.3) is 0 Å². The van der Waals surface area contributed by atoms with Crippen molar-refractivity contribution in [3.63, 3.8) is 0 Å². The van der Waals surface area contributed by atoms with Crippen molar-refractivity contribution >= 4 is 12.0 Å². The molecule has 120 valence electrons. The summed E-state index contributed by atoms with van der Waals surface area (Å²) in [4.78, 5) is 27.6. The number of urea groups is 1. The van der Waals surface area contributed by atoms with Crippen LogP contribution in [0.25, 0.3) is 0 Å². The fourth-order valence-electron chi connectivity index (χ4n) is 3.61. The van der Waals surface area contributed by atoms with E-state index < -0.39 is 12.0 Å². The van der Waals surface area contributed by atoms with E-state index in [4.69, 9.17) is 0 Å². The molecule has 2 fully saturated rings. The van der Waals surface area contributed by atoms with Crippen molar-refractivity contribution in [2.75, 3.05) is 13.6 Å². The third kappa shape index (κ3) is 3.89. The first-order chi connectivity index (χ1) is 10.0. The molecule has 1 aliphatic heterocycles. The molecule has 2 aliphatic rings. The van der Waals surface area contributed by atoms with Crippen LogP contribution in [0.15, 0.2) is 0 Å². The summed E-state index contributed by atoms with van der Waals surface area (Å²) in [5.41, 5.74) is 0. The Hall–Kier alpha value is -1.26. The van der Waals surface area contributed by atoms with Gasteiger partial charge in [0.1, 0.15) is 6.04 Å². The van der Waals surface area contributed by atoms with Gasteiger partial charge < -0.3 is 14.9 Å². The first-order valence-corrected chi connectivity index (χ1v) is 8.27.